The summed E-state index contributed by atoms with van der Waals surface area (Å²) in [6, 6.07) is 8.23. The maximum Gasteiger partial charge on any atom is 0.220 e. The van der Waals surface area contributed by atoms with Gasteiger partial charge in [0.1, 0.15) is 0 Å². The summed E-state index contributed by atoms with van der Waals surface area (Å²) in [6.07, 6.45) is 3.77. The lowest BCUT2D eigenvalue weighted by atomic mass is 10.2. The van der Waals surface area contributed by atoms with Crippen LogP contribution in [0.15, 0.2) is 41.5 Å². The SMILES string of the molecule is Cc1ccc(CONC2=NCC=CN2)cc1. The molecule has 1 aliphatic rings. The number of nitrogens with zero attached hydrogens (tertiary/aromatic N) is 1. The molecule has 0 bridgehead atoms. The second kappa shape index (κ2) is 5.32. The lowest BCUT2D eigenvalue weighted by Crippen LogP contribution is -2.35. The van der Waals surface area contributed by atoms with Crippen molar-refractivity contribution in [2.45, 2.75) is 13.5 Å². The van der Waals surface area contributed by atoms with Gasteiger partial charge in [0.2, 0.25) is 5.96 Å². The minimum absolute atomic E-state index is 0.519. The monoisotopic (exact) mass is 217 g/mol. The number of hydroxylamine groups is 1. The van der Waals surface area contributed by atoms with E-state index in [-0.39, 0.29) is 0 Å². The van der Waals surface area contributed by atoms with E-state index in [0.29, 0.717) is 19.1 Å². The molecule has 4 nitrogen and oxygen atoms in total. The quantitative estimate of drug-likeness (QED) is 0.754. The van der Waals surface area contributed by atoms with E-state index in [2.05, 4.69) is 34.8 Å². The normalized spacial score (nSPS) is 14.2. The lowest BCUT2D eigenvalue weighted by Gasteiger charge is -2.11. The zero-order valence-electron chi connectivity index (χ0n) is 9.23. The van der Waals surface area contributed by atoms with E-state index in [4.69, 9.17) is 4.84 Å². The van der Waals surface area contributed by atoms with Gasteiger partial charge in [-0.15, -0.1) is 0 Å². The Labute approximate surface area is 95.0 Å². The number of hydrogen-bond donors (Lipinski definition) is 2. The Hall–Kier alpha value is -1.81. The molecule has 0 saturated carbocycles. The van der Waals surface area contributed by atoms with Gasteiger partial charge in [-0.2, -0.15) is 0 Å². The molecule has 0 unspecified atom stereocenters. The van der Waals surface area contributed by atoms with Crippen LogP contribution >= 0.6 is 0 Å². The van der Waals surface area contributed by atoms with Gasteiger partial charge in [0.15, 0.2) is 0 Å². The third-order valence-electron chi connectivity index (χ3n) is 2.22. The van der Waals surface area contributed by atoms with Crippen LogP contribution in [0.3, 0.4) is 0 Å². The number of guanidine groups is 1. The zero-order chi connectivity index (χ0) is 11.2. The third kappa shape index (κ3) is 3.10. The van der Waals surface area contributed by atoms with Gasteiger partial charge < -0.3 is 5.32 Å². The summed E-state index contributed by atoms with van der Waals surface area (Å²) < 4.78 is 0. The fourth-order valence-corrected chi connectivity index (χ4v) is 1.31. The van der Waals surface area contributed by atoms with Crippen LogP contribution in [0.2, 0.25) is 0 Å². The Morgan fingerprint density at radius 1 is 1.38 bits per heavy atom. The van der Waals surface area contributed by atoms with Crippen molar-refractivity contribution >= 4 is 5.96 Å². The van der Waals surface area contributed by atoms with Gasteiger partial charge in [-0.05, 0) is 18.6 Å². The number of nitrogens with one attached hydrogen (secondary N) is 2. The van der Waals surface area contributed by atoms with Crippen LogP contribution in [0.25, 0.3) is 0 Å². The van der Waals surface area contributed by atoms with Crippen LogP contribution in [0.5, 0.6) is 0 Å². The molecule has 2 rings (SSSR count). The van der Waals surface area contributed by atoms with Gasteiger partial charge in [-0.3, -0.25) is 4.84 Å². The maximum atomic E-state index is 5.32. The second-order valence-corrected chi connectivity index (χ2v) is 3.61. The van der Waals surface area contributed by atoms with Gasteiger partial charge in [0.05, 0.1) is 13.2 Å². The molecular formula is C12H15N3O. The Kier molecular flexibility index (Phi) is 3.56. The molecule has 0 fully saturated rings. The molecule has 84 valence electrons. The Morgan fingerprint density at radius 3 is 2.88 bits per heavy atom. The highest BCUT2D eigenvalue weighted by molar-refractivity contribution is 5.80. The molecule has 1 aliphatic heterocycles. The van der Waals surface area contributed by atoms with Gasteiger partial charge >= 0.3 is 0 Å². The third-order valence-corrected chi connectivity index (χ3v) is 2.22. The summed E-state index contributed by atoms with van der Waals surface area (Å²) in [5, 5.41) is 2.95. The largest absolute Gasteiger partial charge is 0.331 e. The second-order valence-electron chi connectivity index (χ2n) is 3.61. The minimum Gasteiger partial charge on any atom is -0.331 e. The minimum atomic E-state index is 0.519. The molecule has 4 heteroatoms. The van der Waals surface area contributed by atoms with Gasteiger partial charge in [0, 0.05) is 6.20 Å². The van der Waals surface area contributed by atoms with Crippen LogP contribution in [0.1, 0.15) is 11.1 Å². The van der Waals surface area contributed by atoms with Crippen molar-refractivity contribution in [1.29, 1.82) is 0 Å². The van der Waals surface area contributed by atoms with E-state index in [1.54, 1.807) is 0 Å². The van der Waals surface area contributed by atoms with Crippen molar-refractivity contribution in [3.05, 3.63) is 47.7 Å². The highest BCUT2D eigenvalue weighted by Gasteiger charge is 1.98. The summed E-state index contributed by atoms with van der Waals surface area (Å²) in [5.74, 6) is 0.648. The fraction of sp³-hybridized carbons (Fsp3) is 0.250. The van der Waals surface area contributed by atoms with Crippen molar-refractivity contribution in [3.63, 3.8) is 0 Å². The van der Waals surface area contributed by atoms with Crippen LogP contribution in [0.4, 0.5) is 0 Å². The number of aryl methyl sites for hydroxylation is 1. The van der Waals surface area contributed by atoms with Crippen molar-refractivity contribution in [2.75, 3.05) is 6.54 Å². The Morgan fingerprint density at radius 2 is 2.19 bits per heavy atom. The first-order valence-electron chi connectivity index (χ1n) is 5.24. The van der Waals surface area contributed by atoms with E-state index in [1.807, 2.05) is 24.4 Å². The van der Waals surface area contributed by atoms with Crippen molar-refractivity contribution in [1.82, 2.24) is 10.8 Å². The van der Waals surface area contributed by atoms with Crippen molar-refractivity contribution in [2.24, 2.45) is 4.99 Å². The van der Waals surface area contributed by atoms with E-state index in [0.717, 1.165) is 5.56 Å². The van der Waals surface area contributed by atoms with Crippen LogP contribution in [-0.2, 0) is 11.4 Å². The molecule has 0 radical (unpaired) electrons. The van der Waals surface area contributed by atoms with Crippen LogP contribution in [-0.4, -0.2) is 12.5 Å². The summed E-state index contributed by atoms with van der Waals surface area (Å²) in [7, 11) is 0. The average molecular weight is 217 g/mol. The van der Waals surface area contributed by atoms with E-state index >= 15 is 0 Å². The molecule has 0 amide bonds. The number of rotatable bonds is 3. The van der Waals surface area contributed by atoms with Gasteiger partial charge in [-0.1, -0.05) is 29.8 Å². The summed E-state index contributed by atoms with van der Waals surface area (Å²) in [6.45, 7) is 3.27. The first-order valence-corrected chi connectivity index (χ1v) is 5.24. The number of hydrogen-bond acceptors (Lipinski definition) is 4. The van der Waals surface area contributed by atoms with Crippen molar-refractivity contribution < 1.29 is 4.84 Å². The average Bonchev–Trinajstić information content (AvgIpc) is 2.33. The topological polar surface area (TPSA) is 45.6 Å². The molecule has 16 heavy (non-hydrogen) atoms. The Bertz CT molecular complexity index is 395. The highest BCUT2D eigenvalue weighted by atomic mass is 16.6. The van der Waals surface area contributed by atoms with Crippen molar-refractivity contribution in [3.8, 4) is 0 Å². The maximum absolute atomic E-state index is 5.32. The highest BCUT2D eigenvalue weighted by Crippen LogP contribution is 2.03. The van der Waals surface area contributed by atoms with E-state index in [9.17, 15) is 0 Å². The molecule has 1 heterocycles. The zero-order valence-corrected chi connectivity index (χ0v) is 9.23. The molecule has 1 aromatic carbocycles. The van der Waals surface area contributed by atoms with Crippen LogP contribution in [0, 0.1) is 6.92 Å². The summed E-state index contributed by atoms with van der Waals surface area (Å²) in [5.41, 5.74) is 5.15. The standard InChI is InChI=1S/C12H15N3O/c1-10-3-5-11(6-4-10)9-16-15-12-13-7-2-8-14-12/h2-7H,8-9H2,1H3,(H2,13,14,15). The van der Waals surface area contributed by atoms with E-state index in [1.165, 1.54) is 5.56 Å². The summed E-state index contributed by atoms with van der Waals surface area (Å²) in [4.78, 5) is 9.48. The summed E-state index contributed by atoms with van der Waals surface area (Å²) >= 11 is 0. The molecule has 1 aromatic rings. The number of aliphatic imine (C=N–C) groups is 1. The fourth-order valence-electron chi connectivity index (χ4n) is 1.31. The Balaban J connectivity index is 1.75. The van der Waals surface area contributed by atoms with Crippen LogP contribution < -0.4 is 10.8 Å². The van der Waals surface area contributed by atoms with Gasteiger partial charge in [0.25, 0.3) is 0 Å². The predicted molar refractivity (Wildman–Crippen MR) is 63.7 cm³/mol. The first-order chi connectivity index (χ1) is 7.84. The molecule has 0 aromatic heterocycles. The molecule has 0 saturated heterocycles. The molecule has 0 aliphatic carbocycles. The van der Waals surface area contributed by atoms with E-state index < -0.39 is 0 Å². The first kappa shape index (κ1) is 10.7. The molecule has 0 spiro atoms. The molecule has 0 atom stereocenters. The smallest absolute Gasteiger partial charge is 0.220 e. The molecular weight excluding hydrogens is 202 g/mol. The lowest BCUT2D eigenvalue weighted by molar-refractivity contribution is 0.0690. The number of benzene rings is 1. The van der Waals surface area contributed by atoms with Gasteiger partial charge in [-0.25, -0.2) is 10.5 Å². The predicted octanol–water partition coefficient (Wildman–Crippen LogP) is 1.49. The molecule has 2 N–H and O–H groups in total.